The van der Waals surface area contributed by atoms with Crippen molar-refractivity contribution in [3.05, 3.63) is 65.5 Å². The number of amides is 1. The summed E-state index contributed by atoms with van der Waals surface area (Å²) in [4.78, 5) is 17.3. The number of hydrogen-bond donors (Lipinski definition) is 1. The first-order chi connectivity index (χ1) is 14.8. The Bertz CT molecular complexity index is 1170. The number of nitrogens with one attached hydrogen (secondary N) is 1. The molecule has 1 N–H and O–H groups in total. The van der Waals surface area contributed by atoms with Crippen molar-refractivity contribution in [1.82, 2.24) is 9.29 Å². The van der Waals surface area contributed by atoms with Gasteiger partial charge in [0.2, 0.25) is 21.8 Å². The van der Waals surface area contributed by atoms with Gasteiger partial charge in [-0.3, -0.25) is 4.79 Å². The number of benzene rings is 2. The number of sulfonamides is 1. The summed E-state index contributed by atoms with van der Waals surface area (Å²) in [7, 11) is -3.61. The molecule has 3 aromatic rings. The third kappa shape index (κ3) is 5.03. The largest absolute Gasteiger partial charge is 0.441 e. The van der Waals surface area contributed by atoms with Gasteiger partial charge < -0.3 is 9.73 Å². The van der Waals surface area contributed by atoms with Crippen LogP contribution in [-0.2, 0) is 21.2 Å². The normalized spacial score (nSPS) is 11.6. The molecular formula is C23H27N3O4S. The van der Waals surface area contributed by atoms with Crippen LogP contribution in [0.15, 0.2) is 57.8 Å². The SMILES string of the molecule is CCN(CC)S(=O)(=O)c1ccc(C)c(NC(=O)Cc2nc(-c3ccccc3)oc2C)c1. The number of oxazole rings is 1. The van der Waals surface area contributed by atoms with Crippen LogP contribution >= 0.6 is 0 Å². The zero-order chi connectivity index (χ0) is 22.6. The van der Waals surface area contributed by atoms with Gasteiger partial charge in [0.15, 0.2) is 0 Å². The van der Waals surface area contributed by atoms with E-state index in [9.17, 15) is 13.2 Å². The summed E-state index contributed by atoms with van der Waals surface area (Å²) in [6, 6.07) is 14.2. The number of nitrogens with zero attached hydrogens (tertiary/aromatic N) is 2. The van der Waals surface area contributed by atoms with Crippen molar-refractivity contribution in [2.45, 2.75) is 39.0 Å². The minimum absolute atomic E-state index is 0.0224. The fourth-order valence-corrected chi connectivity index (χ4v) is 4.74. The van der Waals surface area contributed by atoms with E-state index in [0.29, 0.717) is 36.1 Å². The molecule has 0 unspecified atom stereocenters. The van der Waals surface area contributed by atoms with Gasteiger partial charge in [0, 0.05) is 24.3 Å². The van der Waals surface area contributed by atoms with E-state index in [1.165, 1.54) is 10.4 Å². The molecule has 0 saturated carbocycles. The molecule has 3 rings (SSSR count). The van der Waals surface area contributed by atoms with Gasteiger partial charge in [-0.1, -0.05) is 38.1 Å². The lowest BCUT2D eigenvalue weighted by molar-refractivity contribution is -0.115. The average Bonchev–Trinajstić information content (AvgIpc) is 3.11. The molecule has 0 fully saturated rings. The Balaban J connectivity index is 1.79. The summed E-state index contributed by atoms with van der Waals surface area (Å²) in [6.45, 7) is 7.93. The van der Waals surface area contributed by atoms with Crippen molar-refractivity contribution in [3.8, 4) is 11.5 Å². The molecule has 1 aromatic heterocycles. The van der Waals surface area contributed by atoms with Crippen molar-refractivity contribution >= 4 is 21.6 Å². The first kappa shape index (κ1) is 22.7. The van der Waals surface area contributed by atoms with Crippen LogP contribution < -0.4 is 5.32 Å². The molecule has 1 amide bonds. The summed E-state index contributed by atoms with van der Waals surface area (Å²) < 4.78 is 32.7. The van der Waals surface area contributed by atoms with Gasteiger partial charge in [0.05, 0.1) is 17.0 Å². The third-order valence-electron chi connectivity index (χ3n) is 5.07. The predicted octanol–water partition coefficient (Wildman–Crippen LogP) is 4.17. The van der Waals surface area contributed by atoms with E-state index in [1.807, 2.05) is 37.3 Å². The van der Waals surface area contributed by atoms with Crippen molar-refractivity contribution in [2.75, 3.05) is 18.4 Å². The van der Waals surface area contributed by atoms with Gasteiger partial charge in [-0.2, -0.15) is 4.31 Å². The predicted molar refractivity (Wildman–Crippen MR) is 120 cm³/mol. The third-order valence-corrected chi connectivity index (χ3v) is 7.11. The number of aryl methyl sites for hydroxylation is 2. The molecule has 0 aliphatic rings. The summed E-state index contributed by atoms with van der Waals surface area (Å²) >= 11 is 0. The number of carbonyl (C=O) groups is 1. The maximum absolute atomic E-state index is 12.8. The lowest BCUT2D eigenvalue weighted by Gasteiger charge is -2.19. The molecule has 0 saturated heterocycles. The van der Waals surface area contributed by atoms with E-state index in [2.05, 4.69) is 10.3 Å². The minimum atomic E-state index is -3.61. The van der Waals surface area contributed by atoms with Crippen LogP contribution in [0.2, 0.25) is 0 Å². The van der Waals surface area contributed by atoms with Crippen LogP contribution in [0.1, 0.15) is 30.9 Å². The highest BCUT2D eigenvalue weighted by Gasteiger charge is 2.23. The molecule has 0 bridgehead atoms. The Morgan fingerprint density at radius 2 is 1.74 bits per heavy atom. The molecule has 2 aromatic carbocycles. The molecule has 0 spiro atoms. The van der Waals surface area contributed by atoms with E-state index < -0.39 is 10.0 Å². The van der Waals surface area contributed by atoms with Gasteiger partial charge >= 0.3 is 0 Å². The van der Waals surface area contributed by atoms with Crippen LogP contribution in [0.3, 0.4) is 0 Å². The van der Waals surface area contributed by atoms with Gasteiger partial charge in [-0.05, 0) is 43.7 Å². The van der Waals surface area contributed by atoms with E-state index >= 15 is 0 Å². The molecular weight excluding hydrogens is 414 g/mol. The molecule has 8 heteroatoms. The summed E-state index contributed by atoms with van der Waals surface area (Å²) in [6.07, 6.45) is 0.0224. The maximum atomic E-state index is 12.8. The quantitative estimate of drug-likeness (QED) is 0.566. The molecule has 0 aliphatic heterocycles. The lowest BCUT2D eigenvalue weighted by Crippen LogP contribution is -2.30. The highest BCUT2D eigenvalue weighted by Crippen LogP contribution is 2.24. The van der Waals surface area contributed by atoms with Crippen LogP contribution in [0.25, 0.3) is 11.5 Å². The standard InChI is InChI=1S/C23H27N3O4S/c1-5-26(6-2)31(28,29)19-13-12-16(3)20(14-19)24-22(27)15-21-17(4)30-23(25-21)18-10-8-7-9-11-18/h7-14H,5-6,15H2,1-4H3,(H,24,27). The molecule has 0 radical (unpaired) electrons. The first-order valence-electron chi connectivity index (χ1n) is 10.2. The smallest absolute Gasteiger partial charge is 0.243 e. The zero-order valence-corrected chi connectivity index (χ0v) is 19.0. The van der Waals surface area contributed by atoms with Gasteiger partial charge in [0.1, 0.15) is 5.76 Å². The summed E-state index contributed by atoms with van der Waals surface area (Å²) in [5.74, 6) is 0.740. The topological polar surface area (TPSA) is 92.5 Å². The molecule has 31 heavy (non-hydrogen) atoms. The van der Waals surface area contributed by atoms with Gasteiger partial charge in [0.25, 0.3) is 0 Å². The molecule has 7 nitrogen and oxygen atoms in total. The van der Waals surface area contributed by atoms with Crippen molar-refractivity contribution < 1.29 is 17.6 Å². The van der Waals surface area contributed by atoms with Crippen LogP contribution in [-0.4, -0.2) is 36.7 Å². The van der Waals surface area contributed by atoms with E-state index in [4.69, 9.17) is 4.42 Å². The number of rotatable bonds is 8. The molecule has 1 heterocycles. The first-order valence-corrected chi connectivity index (χ1v) is 11.6. The molecule has 0 aliphatic carbocycles. The Hall–Kier alpha value is -2.97. The monoisotopic (exact) mass is 441 g/mol. The lowest BCUT2D eigenvalue weighted by atomic mass is 10.2. The second kappa shape index (κ2) is 9.45. The average molecular weight is 442 g/mol. The van der Waals surface area contributed by atoms with Crippen molar-refractivity contribution in [3.63, 3.8) is 0 Å². The Kier molecular flexibility index (Phi) is 6.92. The van der Waals surface area contributed by atoms with Crippen molar-refractivity contribution in [1.29, 1.82) is 0 Å². The Morgan fingerprint density at radius 1 is 1.06 bits per heavy atom. The van der Waals surface area contributed by atoms with Crippen LogP contribution in [0.4, 0.5) is 5.69 Å². The molecule has 164 valence electrons. The second-order valence-corrected chi connectivity index (χ2v) is 9.12. The zero-order valence-electron chi connectivity index (χ0n) is 18.2. The number of anilines is 1. The number of hydrogen-bond acceptors (Lipinski definition) is 5. The van der Waals surface area contributed by atoms with E-state index in [1.54, 1.807) is 32.9 Å². The van der Waals surface area contributed by atoms with E-state index in [0.717, 1.165) is 11.1 Å². The summed E-state index contributed by atoms with van der Waals surface area (Å²) in [5.41, 5.74) is 2.61. The second-order valence-electron chi connectivity index (χ2n) is 7.18. The van der Waals surface area contributed by atoms with Gasteiger partial charge in [-0.25, -0.2) is 13.4 Å². The number of aromatic nitrogens is 1. The highest BCUT2D eigenvalue weighted by atomic mass is 32.2. The Labute approximate surface area is 183 Å². The van der Waals surface area contributed by atoms with Crippen molar-refractivity contribution in [2.24, 2.45) is 0 Å². The van der Waals surface area contributed by atoms with Gasteiger partial charge in [-0.15, -0.1) is 0 Å². The van der Waals surface area contributed by atoms with Crippen LogP contribution in [0.5, 0.6) is 0 Å². The highest BCUT2D eigenvalue weighted by molar-refractivity contribution is 7.89. The molecule has 0 atom stereocenters. The summed E-state index contributed by atoms with van der Waals surface area (Å²) in [5, 5.41) is 2.82. The maximum Gasteiger partial charge on any atom is 0.243 e. The number of carbonyl (C=O) groups excluding carboxylic acids is 1. The minimum Gasteiger partial charge on any atom is -0.441 e. The van der Waals surface area contributed by atoms with Crippen LogP contribution in [0, 0.1) is 13.8 Å². The van der Waals surface area contributed by atoms with E-state index in [-0.39, 0.29) is 17.2 Å². The fraction of sp³-hybridized carbons (Fsp3) is 0.304. The fourth-order valence-electron chi connectivity index (χ4n) is 3.25. The Morgan fingerprint density at radius 3 is 2.39 bits per heavy atom.